The van der Waals surface area contributed by atoms with Crippen LogP contribution in [0, 0.1) is 0 Å². The van der Waals surface area contributed by atoms with E-state index in [-0.39, 0.29) is 29.5 Å². The standard InChI is InChI=1S/C33H35N5O3.C13H15N3O3/c39-32-35-30-14-6-7-15-31(30)38(32)27-17-20-37(33(40)41)26(21-27)11-8-19-36(22-24-9-2-1-3-10-24)23-25-16-18-34-29-13-5-4-12-28(25)29;17-12-14-10-3-1-2-4-11(10)16(12)9-5-7-15(8-6-9)13(18)19/h1-7,9-10,12-16,18,26-27H,8,11,17,19-23H2,(H,35,39)(H,40,41);1-4,9H,5-8H2,(H,14,17)(H,18,19)/t26-,27?;/m0./s1. The molecule has 0 radical (unpaired) electrons. The van der Waals surface area contributed by atoms with Crippen molar-refractivity contribution in [3.8, 4) is 0 Å². The second-order valence-electron chi connectivity index (χ2n) is 15.8. The Morgan fingerprint density at radius 2 is 1.28 bits per heavy atom. The van der Waals surface area contributed by atoms with E-state index in [9.17, 15) is 24.3 Å². The zero-order valence-corrected chi connectivity index (χ0v) is 33.4. The molecule has 7 aromatic rings. The van der Waals surface area contributed by atoms with Gasteiger partial charge in [0.1, 0.15) is 0 Å². The number of piperidine rings is 2. The normalized spacial score (nSPS) is 17.3. The molecule has 2 amide bonds. The summed E-state index contributed by atoms with van der Waals surface area (Å²) >= 11 is 0. The third kappa shape index (κ3) is 8.83. The second kappa shape index (κ2) is 18.1. The number of imidazole rings is 2. The van der Waals surface area contributed by atoms with Crippen LogP contribution in [0.2, 0.25) is 0 Å². The van der Waals surface area contributed by atoms with E-state index in [1.807, 2.05) is 83.6 Å². The number of hydrogen-bond donors (Lipinski definition) is 4. The van der Waals surface area contributed by atoms with Crippen molar-refractivity contribution in [3.05, 3.63) is 147 Å². The van der Waals surface area contributed by atoms with Crippen molar-refractivity contribution >= 4 is 45.2 Å². The van der Waals surface area contributed by atoms with Gasteiger partial charge < -0.3 is 30.0 Å². The Hall–Kier alpha value is -6.67. The fourth-order valence-corrected chi connectivity index (χ4v) is 9.12. The smallest absolute Gasteiger partial charge is 0.407 e. The second-order valence-corrected chi connectivity index (χ2v) is 15.8. The van der Waals surface area contributed by atoms with E-state index in [1.165, 1.54) is 16.0 Å². The number of aromatic amines is 2. The Morgan fingerprint density at radius 3 is 1.95 bits per heavy atom. The summed E-state index contributed by atoms with van der Waals surface area (Å²) in [6.45, 7) is 3.79. The molecule has 2 atom stereocenters. The van der Waals surface area contributed by atoms with Crippen molar-refractivity contribution < 1.29 is 19.8 Å². The molecule has 4 aromatic carbocycles. The number of carbonyl (C=O) groups is 2. The number of H-pyrrole nitrogens is 2. The monoisotopic (exact) mass is 810 g/mol. The number of benzene rings is 4. The third-order valence-electron chi connectivity index (χ3n) is 12.0. The number of likely N-dealkylation sites (tertiary alicyclic amines) is 2. The predicted octanol–water partition coefficient (Wildman–Crippen LogP) is 7.69. The number of amides is 2. The largest absolute Gasteiger partial charge is 0.465 e. The quantitative estimate of drug-likeness (QED) is 0.109. The Labute approximate surface area is 346 Å². The molecule has 9 rings (SSSR count). The summed E-state index contributed by atoms with van der Waals surface area (Å²) in [5.74, 6) is 0. The molecule has 2 fully saturated rings. The molecule has 14 nitrogen and oxygen atoms in total. The van der Waals surface area contributed by atoms with E-state index < -0.39 is 12.2 Å². The average molecular weight is 811 g/mol. The van der Waals surface area contributed by atoms with Crippen LogP contribution in [-0.4, -0.2) is 93.4 Å². The van der Waals surface area contributed by atoms with Crippen molar-refractivity contribution in [1.82, 2.24) is 38.8 Å². The van der Waals surface area contributed by atoms with Gasteiger partial charge in [-0.25, -0.2) is 19.2 Å². The van der Waals surface area contributed by atoms with Gasteiger partial charge in [-0.05, 0) is 92.6 Å². The summed E-state index contributed by atoms with van der Waals surface area (Å²) in [5, 5.41) is 20.1. The van der Waals surface area contributed by atoms with E-state index in [0.29, 0.717) is 45.3 Å². The third-order valence-corrected chi connectivity index (χ3v) is 12.0. The fraction of sp³-hybridized carbons (Fsp3) is 0.326. The molecule has 60 heavy (non-hydrogen) atoms. The van der Waals surface area contributed by atoms with Crippen molar-refractivity contribution in [2.75, 3.05) is 26.2 Å². The van der Waals surface area contributed by atoms with Gasteiger partial charge in [0.25, 0.3) is 0 Å². The van der Waals surface area contributed by atoms with Gasteiger partial charge in [-0.1, -0.05) is 72.8 Å². The molecule has 14 heteroatoms. The number of pyridine rings is 1. The lowest BCUT2D eigenvalue weighted by molar-refractivity contribution is 0.0853. The van der Waals surface area contributed by atoms with Gasteiger partial charge in [0.15, 0.2) is 0 Å². The van der Waals surface area contributed by atoms with Crippen molar-refractivity contribution in [1.29, 1.82) is 0 Å². The number of nitrogens with zero attached hydrogens (tertiary/aromatic N) is 6. The van der Waals surface area contributed by atoms with Crippen LogP contribution in [0.25, 0.3) is 33.0 Å². The number of carboxylic acid groups (broad SMARTS) is 2. The molecule has 0 bridgehead atoms. The summed E-state index contributed by atoms with van der Waals surface area (Å²) in [4.78, 5) is 63.7. The van der Waals surface area contributed by atoms with Crippen LogP contribution in [-0.2, 0) is 13.1 Å². The Balaban J connectivity index is 0.000000218. The van der Waals surface area contributed by atoms with Gasteiger partial charge in [-0.15, -0.1) is 0 Å². The Kier molecular flexibility index (Phi) is 12.1. The first kappa shape index (κ1) is 40.1. The number of para-hydroxylation sites is 5. The summed E-state index contributed by atoms with van der Waals surface area (Å²) in [7, 11) is 0. The molecule has 0 saturated carbocycles. The van der Waals surface area contributed by atoms with Gasteiger partial charge in [0, 0.05) is 62.4 Å². The molecule has 0 spiro atoms. The Morgan fingerprint density at radius 1 is 0.683 bits per heavy atom. The summed E-state index contributed by atoms with van der Waals surface area (Å²) in [6.07, 6.45) is 4.29. The van der Waals surface area contributed by atoms with Gasteiger partial charge in [-0.3, -0.25) is 19.0 Å². The van der Waals surface area contributed by atoms with Gasteiger partial charge in [0.2, 0.25) is 0 Å². The minimum Gasteiger partial charge on any atom is -0.465 e. The zero-order valence-electron chi connectivity index (χ0n) is 33.4. The fourth-order valence-electron chi connectivity index (χ4n) is 9.12. The van der Waals surface area contributed by atoms with Gasteiger partial charge in [0.05, 0.1) is 27.6 Å². The first-order valence-electron chi connectivity index (χ1n) is 20.7. The molecule has 2 aliphatic rings. The van der Waals surface area contributed by atoms with Crippen LogP contribution in [0.3, 0.4) is 0 Å². The molecular formula is C46H50N8O6. The minimum atomic E-state index is -0.885. The summed E-state index contributed by atoms with van der Waals surface area (Å²) in [5.41, 5.74) is 6.63. The van der Waals surface area contributed by atoms with E-state index in [1.54, 1.807) is 9.47 Å². The highest BCUT2D eigenvalue weighted by Gasteiger charge is 2.33. The van der Waals surface area contributed by atoms with Crippen molar-refractivity contribution in [2.45, 2.75) is 69.7 Å². The first-order chi connectivity index (χ1) is 29.2. The lowest BCUT2D eigenvalue weighted by Crippen LogP contribution is -2.47. The molecule has 4 N–H and O–H groups in total. The lowest BCUT2D eigenvalue weighted by Gasteiger charge is -2.38. The summed E-state index contributed by atoms with van der Waals surface area (Å²) < 4.78 is 3.59. The van der Waals surface area contributed by atoms with Gasteiger partial charge in [-0.2, -0.15) is 0 Å². The highest BCUT2D eigenvalue weighted by molar-refractivity contribution is 5.82. The van der Waals surface area contributed by atoms with Gasteiger partial charge >= 0.3 is 23.6 Å². The molecular weight excluding hydrogens is 761 g/mol. The number of rotatable bonds is 10. The SMILES string of the molecule is O=C(O)N1CCC(n2c(=O)[nH]c3ccccc32)CC1.O=C(O)N1CCC(n2c(=O)[nH]c3ccccc32)C[C@@H]1CCCN(Cc1ccccc1)Cc1ccnc2ccccc12. The highest BCUT2D eigenvalue weighted by Crippen LogP contribution is 2.31. The van der Waals surface area contributed by atoms with Crippen LogP contribution in [0.5, 0.6) is 0 Å². The number of aromatic nitrogens is 5. The zero-order chi connectivity index (χ0) is 41.6. The first-order valence-corrected chi connectivity index (χ1v) is 20.7. The topological polar surface area (TPSA) is 173 Å². The molecule has 2 aliphatic heterocycles. The highest BCUT2D eigenvalue weighted by atomic mass is 16.4. The van der Waals surface area contributed by atoms with Crippen LogP contribution in [0.4, 0.5) is 9.59 Å². The van der Waals surface area contributed by atoms with Crippen LogP contribution < -0.4 is 11.4 Å². The lowest BCUT2D eigenvalue weighted by atomic mass is 9.93. The minimum absolute atomic E-state index is 0.0390. The number of fused-ring (bicyclic) bond motifs is 3. The molecule has 310 valence electrons. The summed E-state index contributed by atoms with van der Waals surface area (Å²) in [6, 6.07) is 35.9. The molecule has 2 saturated heterocycles. The van der Waals surface area contributed by atoms with E-state index in [2.05, 4.69) is 56.3 Å². The molecule has 1 unspecified atom stereocenters. The molecule has 5 heterocycles. The Bertz CT molecular complexity index is 2690. The van der Waals surface area contributed by atoms with E-state index >= 15 is 0 Å². The van der Waals surface area contributed by atoms with Crippen LogP contribution in [0.15, 0.2) is 125 Å². The maximum Gasteiger partial charge on any atom is 0.407 e. The van der Waals surface area contributed by atoms with Crippen molar-refractivity contribution in [2.24, 2.45) is 0 Å². The number of nitrogens with one attached hydrogen (secondary N) is 2. The van der Waals surface area contributed by atoms with Crippen LogP contribution in [0.1, 0.15) is 61.7 Å². The van der Waals surface area contributed by atoms with E-state index in [0.717, 1.165) is 65.4 Å². The molecule has 0 aliphatic carbocycles. The van der Waals surface area contributed by atoms with Crippen molar-refractivity contribution in [3.63, 3.8) is 0 Å². The average Bonchev–Trinajstić information content (AvgIpc) is 3.79. The maximum atomic E-state index is 12.9. The maximum absolute atomic E-state index is 12.9. The van der Waals surface area contributed by atoms with Crippen LogP contribution >= 0.6 is 0 Å². The molecule has 3 aromatic heterocycles. The predicted molar refractivity (Wildman–Crippen MR) is 231 cm³/mol. The van der Waals surface area contributed by atoms with E-state index in [4.69, 9.17) is 5.11 Å². The number of hydrogen-bond acceptors (Lipinski definition) is 6.